The van der Waals surface area contributed by atoms with Crippen molar-refractivity contribution in [2.24, 2.45) is 0 Å². The standard InChI is InChI=1S/C21H22N4O3/c1-15-4-9-19(12-16(15)2)28-14-20(26)23-24-21(27)18-7-5-17(6-8-18)13-25-11-3-10-22-25/h3-12H,13-14H2,1-2H3,(H,23,26)(H,24,27). The van der Waals surface area contributed by atoms with Crippen LogP contribution in [-0.2, 0) is 11.3 Å². The summed E-state index contributed by atoms with van der Waals surface area (Å²) in [4.78, 5) is 24.0. The number of hydrazine groups is 1. The van der Waals surface area contributed by atoms with Crippen LogP contribution >= 0.6 is 0 Å². The molecule has 1 aromatic heterocycles. The highest BCUT2D eigenvalue weighted by atomic mass is 16.5. The number of nitrogens with zero attached hydrogens (tertiary/aromatic N) is 2. The number of aromatic nitrogens is 2. The molecule has 2 amide bonds. The molecule has 2 N–H and O–H groups in total. The molecular weight excluding hydrogens is 356 g/mol. The van der Waals surface area contributed by atoms with Crippen LogP contribution in [0.3, 0.4) is 0 Å². The Hall–Kier alpha value is -3.61. The number of hydrogen-bond donors (Lipinski definition) is 2. The van der Waals surface area contributed by atoms with Crippen molar-refractivity contribution in [3.05, 3.63) is 83.2 Å². The highest BCUT2D eigenvalue weighted by molar-refractivity contribution is 5.95. The van der Waals surface area contributed by atoms with E-state index in [0.717, 1.165) is 16.7 Å². The van der Waals surface area contributed by atoms with E-state index in [-0.39, 0.29) is 6.61 Å². The number of benzene rings is 2. The molecule has 28 heavy (non-hydrogen) atoms. The quantitative estimate of drug-likeness (QED) is 0.645. The van der Waals surface area contributed by atoms with Gasteiger partial charge in [0.15, 0.2) is 6.61 Å². The van der Waals surface area contributed by atoms with Crippen LogP contribution in [0.4, 0.5) is 0 Å². The molecule has 0 fully saturated rings. The van der Waals surface area contributed by atoms with Gasteiger partial charge in [0.25, 0.3) is 11.8 Å². The summed E-state index contributed by atoms with van der Waals surface area (Å²) in [6.45, 7) is 4.42. The predicted octanol–water partition coefficient (Wildman–Crippen LogP) is 2.39. The number of carbonyl (C=O) groups excluding carboxylic acids is 2. The number of nitrogens with one attached hydrogen (secondary N) is 2. The molecule has 0 saturated carbocycles. The van der Waals surface area contributed by atoms with Crippen LogP contribution < -0.4 is 15.6 Å². The van der Waals surface area contributed by atoms with Crippen molar-refractivity contribution in [1.29, 1.82) is 0 Å². The largest absolute Gasteiger partial charge is 0.484 e. The molecule has 7 heteroatoms. The Kier molecular flexibility index (Phi) is 6.06. The molecule has 7 nitrogen and oxygen atoms in total. The molecule has 3 aromatic rings. The molecule has 144 valence electrons. The Morgan fingerprint density at radius 3 is 2.50 bits per heavy atom. The number of ether oxygens (including phenoxy) is 1. The Bertz CT molecular complexity index is 950. The van der Waals surface area contributed by atoms with Gasteiger partial charge in [0.1, 0.15) is 5.75 Å². The lowest BCUT2D eigenvalue weighted by Crippen LogP contribution is -2.43. The third-order valence-electron chi connectivity index (χ3n) is 4.28. The first-order valence-electron chi connectivity index (χ1n) is 8.87. The topological polar surface area (TPSA) is 85.3 Å². The molecule has 2 aromatic carbocycles. The first kappa shape index (κ1) is 19.2. The normalized spacial score (nSPS) is 10.4. The average molecular weight is 378 g/mol. The lowest BCUT2D eigenvalue weighted by Gasteiger charge is -2.10. The van der Waals surface area contributed by atoms with Crippen LogP contribution in [0.2, 0.25) is 0 Å². The average Bonchev–Trinajstić information content (AvgIpc) is 3.20. The predicted molar refractivity (Wildman–Crippen MR) is 105 cm³/mol. The van der Waals surface area contributed by atoms with Crippen molar-refractivity contribution in [1.82, 2.24) is 20.6 Å². The van der Waals surface area contributed by atoms with Crippen LogP contribution in [0.1, 0.15) is 27.0 Å². The number of rotatable bonds is 6. The van der Waals surface area contributed by atoms with Crippen molar-refractivity contribution >= 4 is 11.8 Å². The summed E-state index contributed by atoms with van der Waals surface area (Å²) in [6.07, 6.45) is 3.59. The summed E-state index contributed by atoms with van der Waals surface area (Å²) in [5.74, 6) is -0.232. The van der Waals surface area contributed by atoms with Gasteiger partial charge >= 0.3 is 0 Å². The van der Waals surface area contributed by atoms with Crippen molar-refractivity contribution < 1.29 is 14.3 Å². The Morgan fingerprint density at radius 2 is 1.82 bits per heavy atom. The highest BCUT2D eigenvalue weighted by Crippen LogP contribution is 2.16. The van der Waals surface area contributed by atoms with Gasteiger partial charge in [0.05, 0.1) is 6.54 Å². The van der Waals surface area contributed by atoms with Gasteiger partial charge in [-0.3, -0.25) is 25.1 Å². The Morgan fingerprint density at radius 1 is 1.04 bits per heavy atom. The van der Waals surface area contributed by atoms with Crippen LogP contribution in [0, 0.1) is 13.8 Å². The molecule has 0 aliphatic rings. The summed E-state index contributed by atoms with van der Waals surface area (Å²) < 4.78 is 7.23. The van der Waals surface area contributed by atoms with E-state index in [1.165, 1.54) is 0 Å². The van der Waals surface area contributed by atoms with Crippen molar-refractivity contribution in [2.75, 3.05) is 6.61 Å². The van der Waals surface area contributed by atoms with E-state index < -0.39 is 11.8 Å². The second kappa shape index (κ2) is 8.85. The maximum Gasteiger partial charge on any atom is 0.276 e. The summed E-state index contributed by atoms with van der Waals surface area (Å²) in [7, 11) is 0. The fraction of sp³-hybridized carbons (Fsp3) is 0.190. The molecule has 0 unspecified atom stereocenters. The number of carbonyl (C=O) groups is 2. The van der Waals surface area contributed by atoms with Crippen LogP contribution in [-0.4, -0.2) is 28.2 Å². The molecule has 1 heterocycles. The fourth-order valence-corrected chi connectivity index (χ4v) is 2.53. The SMILES string of the molecule is Cc1ccc(OCC(=O)NNC(=O)c2ccc(Cn3cccn3)cc2)cc1C. The van der Waals surface area contributed by atoms with Gasteiger partial charge in [0.2, 0.25) is 0 Å². The molecular formula is C21H22N4O3. The fourth-order valence-electron chi connectivity index (χ4n) is 2.53. The van der Waals surface area contributed by atoms with E-state index in [2.05, 4.69) is 16.0 Å². The first-order chi connectivity index (χ1) is 13.5. The second-order valence-electron chi connectivity index (χ2n) is 6.44. The second-order valence-corrected chi connectivity index (χ2v) is 6.44. The lowest BCUT2D eigenvalue weighted by molar-refractivity contribution is -0.123. The number of aryl methyl sites for hydroxylation is 2. The third kappa shape index (κ3) is 5.20. The van der Waals surface area contributed by atoms with Gasteiger partial charge in [0, 0.05) is 18.0 Å². The molecule has 0 aliphatic carbocycles. The van der Waals surface area contributed by atoms with Gasteiger partial charge < -0.3 is 4.74 Å². The maximum absolute atomic E-state index is 12.1. The molecule has 0 spiro atoms. The van der Waals surface area contributed by atoms with Crippen molar-refractivity contribution in [2.45, 2.75) is 20.4 Å². The third-order valence-corrected chi connectivity index (χ3v) is 4.28. The van der Waals surface area contributed by atoms with Crippen LogP contribution in [0.25, 0.3) is 0 Å². The van der Waals surface area contributed by atoms with Crippen LogP contribution in [0.15, 0.2) is 60.9 Å². The zero-order valence-corrected chi connectivity index (χ0v) is 15.8. The van der Waals surface area contributed by atoms with E-state index >= 15 is 0 Å². The Labute approximate surface area is 163 Å². The maximum atomic E-state index is 12.1. The van der Waals surface area contributed by atoms with Crippen molar-refractivity contribution in [3.63, 3.8) is 0 Å². The van der Waals surface area contributed by atoms with Gasteiger partial charge in [-0.25, -0.2) is 0 Å². The molecule has 3 rings (SSSR count). The van der Waals surface area contributed by atoms with Crippen molar-refractivity contribution in [3.8, 4) is 5.75 Å². The van der Waals surface area contributed by atoms with Gasteiger partial charge in [-0.05, 0) is 60.9 Å². The minimum atomic E-state index is -0.443. The molecule has 0 aliphatic heterocycles. The zero-order chi connectivity index (χ0) is 19.9. The first-order valence-corrected chi connectivity index (χ1v) is 8.87. The van der Waals surface area contributed by atoms with Crippen LogP contribution in [0.5, 0.6) is 5.75 Å². The van der Waals surface area contributed by atoms with Gasteiger partial charge in [-0.2, -0.15) is 5.10 Å². The molecule has 0 radical (unpaired) electrons. The minimum absolute atomic E-state index is 0.189. The van der Waals surface area contributed by atoms with E-state index in [4.69, 9.17) is 4.74 Å². The van der Waals surface area contributed by atoms with E-state index in [1.54, 1.807) is 29.1 Å². The molecule has 0 saturated heterocycles. The van der Waals surface area contributed by atoms with E-state index in [1.807, 2.05) is 50.4 Å². The summed E-state index contributed by atoms with van der Waals surface area (Å²) in [5.41, 5.74) is 8.44. The Balaban J connectivity index is 1.45. The van der Waals surface area contributed by atoms with E-state index in [9.17, 15) is 9.59 Å². The summed E-state index contributed by atoms with van der Waals surface area (Å²) >= 11 is 0. The minimum Gasteiger partial charge on any atom is -0.484 e. The molecule has 0 atom stereocenters. The smallest absolute Gasteiger partial charge is 0.276 e. The van der Waals surface area contributed by atoms with Gasteiger partial charge in [-0.1, -0.05) is 18.2 Å². The number of hydrogen-bond acceptors (Lipinski definition) is 4. The number of amides is 2. The summed E-state index contributed by atoms with van der Waals surface area (Å²) in [6, 6.07) is 14.6. The lowest BCUT2D eigenvalue weighted by atomic mass is 10.1. The summed E-state index contributed by atoms with van der Waals surface area (Å²) in [5, 5.41) is 4.14. The highest BCUT2D eigenvalue weighted by Gasteiger charge is 2.08. The van der Waals surface area contributed by atoms with Gasteiger partial charge in [-0.15, -0.1) is 0 Å². The monoisotopic (exact) mass is 378 g/mol. The van der Waals surface area contributed by atoms with E-state index in [0.29, 0.717) is 17.9 Å². The molecule has 0 bridgehead atoms. The zero-order valence-electron chi connectivity index (χ0n) is 15.8.